The second kappa shape index (κ2) is 6.56. The zero-order valence-electron chi connectivity index (χ0n) is 10.9. The predicted octanol–water partition coefficient (Wildman–Crippen LogP) is 1.64. The number of likely N-dealkylation sites (tertiary alicyclic amines) is 1. The van der Waals surface area contributed by atoms with Crippen molar-refractivity contribution in [3.8, 4) is 0 Å². The minimum absolute atomic E-state index is 0.109. The van der Waals surface area contributed by atoms with Gasteiger partial charge in [-0.2, -0.15) is 0 Å². The number of amides is 2. The molecular formula is C13H18N2O3S. The first-order valence-corrected chi connectivity index (χ1v) is 7.21. The van der Waals surface area contributed by atoms with Crippen molar-refractivity contribution in [1.82, 2.24) is 10.2 Å². The Labute approximate surface area is 116 Å². The number of methoxy groups -OCH3 is 1. The van der Waals surface area contributed by atoms with Crippen molar-refractivity contribution in [1.29, 1.82) is 0 Å². The third kappa shape index (κ3) is 3.96. The predicted molar refractivity (Wildman–Crippen MR) is 73.2 cm³/mol. The summed E-state index contributed by atoms with van der Waals surface area (Å²) in [4.78, 5) is 26.1. The molecule has 0 atom stereocenters. The lowest BCUT2D eigenvalue weighted by molar-refractivity contribution is -0.131. The Bertz CT molecular complexity index is 425. The van der Waals surface area contributed by atoms with E-state index in [2.05, 4.69) is 10.1 Å². The van der Waals surface area contributed by atoms with Gasteiger partial charge in [0, 0.05) is 24.0 Å². The average molecular weight is 282 g/mol. The van der Waals surface area contributed by atoms with Crippen molar-refractivity contribution < 1.29 is 14.3 Å². The van der Waals surface area contributed by atoms with Crippen LogP contribution in [0, 0.1) is 0 Å². The second-order valence-electron chi connectivity index (χ2n) is 4.55. The fourth-order valence-electron chi connectivity index (χ4n) is 2.17. The summed E-state index contributed by atoms with van der Waals surface area (Å²) in [5.74, 6) is 0.166. The molecule has 0 aliphatic carbocycles. The van der Waals surface area contributed by atoms with Crippen LogP contribution in [0.2, 0.25) is 0 Å². The highest BCUT2D eigenvalue weighted by atomic mass is 32.1. The van der Waals surface area contributed by atoms with Crippen LogP contribution < -0.4 is 5.32 Å². The molecule has 1 fully saturated rings. The van der Waals surface area contributed by atoms with E-state index in [1.807, 2.05) is 22.4 Å². The molecule has 1 saturated heterocycles. The highest BCUT2D eigenvalue weighted by molar-refractivity contribution is 7.10. The van der Waals surface area contributed by atoms with E-state index in [0.717, 1.165) is 17.7 Å². The molecule has 19 heavy (non-hydrogen) atoms. The molecule has 1 aliphatic heterocycles. The first-order valence-electron chi connectivity index (χ1n) is 6.33. The molecule has 0 aromatic carbocycles. The van der Waals surface area contributed by atoms with Gasteiger partial charge in [-0.05, 0) is 24.3 Å². The smallest absolute Gasteiger partial charge is 0.407 e. The summed E-state index contributed by atoms with van der Waals surface area (Å²) in [6.45, 7) is 1.39. The van der Waals surface area contributed by atoms with Crippen LogP contribution in [0.3, 0.4) is 0 Å². The molecule has 2 amide bonds. The molecule has 5 nitrogen and oxygen atoms in total. The molecule has 2 rings (SSSR count). The van der Waals surface area contributed by atoms with E-state index in [1.165, 1.54) is 7.11 Å². The number of nitrogens with one attached hydrogen (secondary N) is 1. The van der Waals surface area contributed by atoms with Crippen molar-refractivity contribution >= 4 is 23.3 Å². The number of alkyl carbamates (subject to hydrolysis) is 1. The van der Waals surface area contributed by atoms with Gasteiger partial charge in [-0.25, -0.2) is 4.79 Å². The Kier molecular flexibility index (Phi) is 4.79. The number of thiophene rings is 1. The molecular weight excluding hydrogens is 264 g/mol. The number of ether oxygens (including phenoxy) is 1. The maximum atomic E-state index is 12.1. The summed E-state index contributed by atoms with van der Waals surface area (Å²) in [6.07, 6.45) is 1.65. The van der Waals surface area contributed by atoms with Crippen LogP contribution >= 0.6 is 11.3 Å². The lowest BCUT2D eigenvalue weighted by Gasteiger charge is -2.32. The first-order chi connectivity index (χ1) is 9.19. The molecule has 1 aliphatic rings. The standard InChI is InChI=1S/C13H18N2O3S/c1-18-13(17)14-10-4-6-15(7-5-10)12(16)9-11-3-2-8-19-11/h2-3,8,10H,4-7,9H2,1H3,(H,14,17). The van der Waals surface area contributed by atoms with Crippen LogP contribution in [0.1, 0.15) is 17.7 Å². The Balaban J connectivity index is 1.76. The molecule has 6 heteroatoms. The number of carbonyl (C=O) groups is 2. The van der Waals surface area contributed by atoms with Crippen molar-refractivity contribution in [2.75, 3.05) is 20.2 Å². The van der Waals surface area contributed by atoms with Gasteiger partial charge in [-0.3, -0.25) is 4.79 Å². The van der Waals surface area contributed by atoms with Gasteiger partial charge in [-0.1, -0.05) is 6.07 Å². The average Bonchev–Trinajstić information content (AvgIpc) is 2.92. The highest BCUT2D eigenvalue weighted by Gasteiger charge is 2.24. The van der Waals surface area contributed by atoms with Crippen LogP contribution in [0.5, 0.6) is 0 Å². The van der Waals surface area contributed by atoms with Crippen LogP contribution in [0.25, 0.3) is 0 Å². The third-order valence-electron chi connectivity index (χ3n) is 3.26. The number of piperidine rings is 1. The maximum absolute atomic E-state index is 12.1. The zero-order chi connectivity index (χ0) is 13.7. The fourth-order valence-corrected chi connectivity index (χ4v) is 2.87. The Hall–Kier alpha value is -1.56. The van der Waals surface area contributed by atoms with Gasteiger partial charge in [-0.15, -0.1) is 11.3 Å². The lowest BCUT2D eigenvalue weighted by atomic mass is 10.0. The number of rotatable bonds is 3. The molecule has 1 aromatic rings. The minimum Gasteiger partial charge on any atom is -0.453 e. The van der Waals surface area contributed by atoms with Crippen LogP contribution in [0.4, 0.5) is 4.79 Å². The van der Waals surface area contributed by atoms with Gasteiger partial charge in [0.15, 0.2) is 0 Å². The molecule has 1 aromatic heterocycles. The topological polar surface area (TPSA) is 58.6 Å². The normalized spacial score (nSPS) is 16.2. The number of carbonyl (C=O) groups excluding carboxylic acids is 2. The SMILES string of the molecule is COC(=O)NC1CCN(C(=O)Cc2cccs2)CC1. The summed E-state index contributed by atoms with van der Waals surface area (Å²) >= 11 is 1.61. The van der Waals surface area contributed by atoms with Crippen molar-refractivity contribution in [3.63, 3.8) is 0 Å². The summed E-state index contributed by atoms with van der Waals surface area (Å²) in [7, 11) is 1.36. The molecule has 0 saturated carbocycles. The second-order valence-corrected chi connectivity index (χ2v) is 5.58. The fraction of sp³-hybridized carbons (Fsp3) is 0.538. The largest absolute Gasteiger partial charge is 0.453 e. The van der Waals surface area contributed by atoms with Crippen molar-refractivity contribution in [2.24, 2.45) is 0 Å². The Morgan fingerprint density at radius 3 is 2.79 bits per heavy atom. The summed E-state index contributed by atoms with van der Waals surface area (Å²) < 4.78 is 4.57. The molecule has 1 N–H and O–H groups in total. The summed E-state index contributed by atoms with van der Waals surface area (Å²) in [5, 5.41) is 4.76. The van der Waals surface area contributed by atoms with Gasteiger partial charge in [0.25, 0.3) is 0 Å². The minimum atomic E-state index is -0.400. The summed E-state index contributed by atoms with van der Waals surface area (Å²) in [5.41, 5.74) is 0. The highest BCUT2D eigenvalue weighted by Crippen LogP contribution is 2.15. The zero-order valence-corrected chi connectivity index (χ0v) is 11.7. The van der Waals surface area contributed by atoms with E-state index in [0.29, 0.717) is 19.5 Å². The van der Waals surface area contributed by atoms with Crippen LogP contribution in [0.15, 0.2) is 17.5 Å². The van der Waals surface area contributed by atoms with E-state index in [4.69, 9.17) is 0 Å². The van der Waals surface area contributed by atoms with Gasteiger partial charge in [0.2, 0.25) is 5.91 Å². The molecule has 2 heterocycles. The van der Waals surface area contributed by atoms with Crippen molar-refractivity contribution in [2.45, 2.75) is 25.3 Å². The quantitative estimate of drug-likeness (QED) is 0.917. The van der Waals surface area contributed by atoms with Crippen LogP contribution in [-0.4, -0.2) is 43.1 Å². The van der Waals surface area contributed by atoms with E-state index >= 15 is 0 Å². The van der Waals surface area contributed by atoms with Gasteiger partial charge in [0.1, 0.15) is 0 Å². The Morgan fingerprint density at radius 2 is 2.21 bits per heavy atom. The number of hydrogen-bond acceptors (Lipinski definition) is 4. The lowest BCUT2D eigenvalue weighted by Crippen LogP contribution is -2.46. The Morgan fingerprint density at radius 1 is 1.47 bits per heavy atom. The monoisotopic (exact) mass is 282 g/mol. The van der Waals surface area contributed by atoms with Crippen LogP contribution in [-0.2, 0) is 16.0 Å². The number of nitrogens with zero attached hydrogens (tertiary/aromatic N) is 1. The van der Waals surface area contributed by atoms with E-state index in [1.54, 1.807) is 11.3 Å². The molecule has 0 unspecified atom stereocenters. The molecule has 0 radical (unpaired) electrons. The van der Waals surface area contributed by atoms with Crippen molar-refractivity contribution in [3.05, 3.63) is 22.4 Å². The summed E-state index contributed by atoms with van der Waals surface area (Å²) in [6, 6.07) is 4.05. The van der Waals surface area contributed by atoms with Gasteiger partial charge < -0.3 is 15.0 Å². The molecule has 0 spiro atoms. The first kappa shape index (κ1) is 13.9. The molecule has 104 valence electrons. The third-order valence-corrected chi connectivity index (χ3v) is 4.14. The number of hydrogen-bond donors (Lipinski definition) is 1. The maximum Gasteiger partial charge on any atom is 0.407 e. The van der Waals surface area contributed by atoms with Gasteiger partial charge >= 0.3 is 6.09 Å². The van der Waals surface area contributed by atoms with Gasteiger partial charge in [0.05, 0.1) is 13.5 Å². The van der Waals surface area contributed by atoms with E-state index in [9.17, 15) is 9.59 Å². The van der Waals surface area contributed by atoms with E-state index < -0.39 is 6.09 Å². The molecule has 0 bridgehead atoms. The van der Waals surface area contributed by atoms with E-state index in [-0.39, 0.29) is 11.9 Å².